The number of hydrogen-bond acceptors (Lipinski definition) is 3. The number of benzene rings is 1. The molecule has 2 aromatic heterocycles. The van der Waals surface area contributed by atoms with Crippen LogP contribution in [-0.2, 0) is 6.42 Å². The number of nitrogens with one attached hydrogen (secondary N) is 1. The fraction of sp³-hybridized carbons (Fsp3) is 0.300. The van der Waals surface area contributed by atoms with Crippen LogP contribution in [0.3, 0.4) is 0 Å². The summed E-state index contributed by atoms with van der Waals surface area (Å²) >= 11 is 0. The van der Waals surface area contributed by atoms with Crippen LogP contribution in [0.5, 0.6) is 0 Å². The maximum Gasteiger partial charge on any atom is 0.127 e. The first kappa shape index (κ1) is 13.1. The maximum atomic E-state index is 4.71. The van der Waals surface area contributed by atoms with Crippen LogP contribution in [0.15, 0.2) is 54.7 Å². The van der Waals surface area contributed by atoms with Gasteiger partial charge >= 0.3 is 0 Å². The second-order valence-corrected chi connectivity index (χ2v) is 6.73. The zero-order valence-electron chi connectivity index (χ0n) is 12.9. The molecule has 0 aliphatic heterocycles. The average molecular weight is 301 g/mol. The molecule has 23 heavy (non-hydrogen) atoms. The predicted octanol–water partition coefficient (Wildman–Crippen LogP) is 4.16. The van der Waals surface area contributed by atoms with Gasteiger partial charge in [-0.1, -0.05) is 24.3 Å². The molecule has 3 unspecified atom stereocenters. The summed E-state index contributed by atoms with van der Waals surface area (Å²) in [5.41, 5.74) is 5.05. The van der Waals surface area contributed by atoms with E-state index in [0.29, 0.717) is 6.04 Å². The Morgan fingerprint density at radius 3 is 2.91 bits per heavy atom. The van der Waals surface area contributed by atoms with E-state index in [9.17, 15) is 0 Å². The third kappa shape index (κ3) is 2.11. The Labute approximate surface area is 135 Å². The highest BCUT2D eigenvalue weighted by molar-refractivity contribution is 5.75. The number of anilines is 1. The van der Waals surface area contributed by atoms with Crippen molar-refractivity contribution in [2.75, 3.05) is 5.32 Å². The molecule has 2 heterocycles. The first-order valence-electron chi connectivity index (χ1n) is 8.44. The molecule has 2 aliphatic rings. The normalized spacial score (nSPS) is 25.3. The first-order valence-corrected chi connectivity index (χ1v) is 8.44. The van der Waals surface area contributed by atoms with Gasteiger partial charge < -0.3 is 5.32 Å². The molecule has 3 aromatic rings. The van der Waals surface area contributed by atoms with Gasteiger partial charge in [-0.25, -0.2) is 4.98 Å². The van der Waals surface area contributed by atoms with Crippen LogP contribution in [0.1, 0.15) is 29.9 Å². The van der Waals surface area contributed by atoms with Gasteiger partial charge in [0.05, 0.1) is 11.0 Å². The van der Waals surface area contributed by atoms with E-state index in [1.807, 2.05) is 18.3 Å². The van der Waals surface area contributed by atoms with E-state index in [1.165, 1.54) is 19.3 Å². The smallest absolute Gasteiger partial charge is 0.127 e. The molecule has 1 saturated carbocycles. The van der Waals surface area contributed by atoms with Crippen molar-refractivity contribution >= 4 is 16.9 Å². The summed E-state index contributed by atoms with van der Waals surface area (Å²) in [6.45, 7) is 0. The second kappa shape index (κ2) is 5.05. The Kier molecular flexibility index (Phi) is 2.87. The molecular formula is C20H19N3. The van der Waals surface area contributed by atoms with Crippen molar-refractivity contribution in [2.45, 2.75) is 31.2 Å². The topological polar surface area (TPSA) is 37.8 Å². The lowest BCUT2D eigenvalue weighted by atomic mass is 9.60. The minimum Gasteiger partial charge on any atom is -0.367 e. The summed E-state index contributed by atoms with van der Waals surface area (Å²) in [6, 6.07) is 17.6. The highest BCUT2D eigenvalue weighted by Gasteiger charge is 2.44. The number of hydrogen-bond donors (Lipinski definition) is 1. The van der Waals surface area contributed by atoms with E-state index in [-0.39, 0.29) is 0 Å². The summed E-state index contributed by atoms with van der Waals surface area (Å²) < 4.78 is 0. The fourth-order valence-electron chi connectivity index (χ4n) is 4.31. The molecule has 0 bridgehead atoms. The number of aromatic nitrogens is 2. The van der Waals surface area contributed by atoms with Crippen molar-refractivity contribution in [1.29, 1.82) is 0 Å². The molecule has 0 amide bonds. The molecule has 1 fully saturated rings. The highest BCUT2D eigenvalue weighted by Crippen LogP contribution is 2.50. The average Bonchev–Trinajstić information content (AvgIpc) is 2.59. The molecule has 3 heteroatoms. The Morgan fingerprint density at radius 2 is 1.91 bits per heavy atom. The molecule has 1 N–H and O–H groups in total. The number of rotatable bonds is 2. The van der Waals surface area contributed by atoms with Crippen LogP contribution >= 0.6 is 0 Å². The van der Waals surface area contributed by atoms with E-state index < -0.39 is 0 Å². The van der Waals surface area contributed by atoms with Crippen LogP contribution < -0.4 is 5.32 Å². The SMILES string of the molecule is c1ccc2c(c1)CCC1C(Nc3ccc4ncccc4n3)CC21. The number of aryl methyl sites for hydroxylation is 1. The van der Waals surface area contributed by atoms with Gasteiger partial charge in [-0.05, 0) is 66.5 Å². The van der Waals surface area contributed by atoms with Crippen LogP contribution in [0, 0.1) is 5.92 Å². The molecule has 0 spiro atoms. The summed E-state index contributed by atoms with van der Waals surface area (Å²) in [5, 5.41) is 3.66. The Balaban J connectivity index is 1.37. The lowest BCUT2D eigenvalue weighted by molar-refractivity contribution is 0.194. The third-order valence-corrected chi connectivity index (χ3v) is 5.53. The summed E-state index contributed by atoms with van der Waals surface area (Å²) in [6.07, 6.45) is 5.53. The lowest BCUT2D eigenvalue weighted by Gasteiger charge is -2.49. The van der Waals surface area contributed by atoms with E-state index in [4.69, 9.17) is 4.98 Å². The van der Waals surface area contributed by atoms with Gasteiger partial charge in [-0.15, -0.1) is 0 Å². The molecule has 3 nitrogen and oxygen atoms in total. The van der Waals surface area contributed by atoms with E-state index in [2.05, 4.69) is 46.7 Å². The minimum absolute atomic E-state index is 0.551. The predicted molar refractivity (Wildman–Crippen MR) is 92.6 cm³/mol. The van der Waals surface area contributed by atoms with Crippen LogP contribution in [0.25, 0.3) is 11.0 Å². The standard InChI is InChI=1S/C20H19N3/c1-2-5-14-13(4-1)7-8-15-16(14)12-19(15)23-20-10-9-17-18(22-20)6-3-11-21-17/h1-6,9-11,15-16,19H,7-8,12H2,(H,22,23). The van der Waals surface area contributed by atoms with Crippen LogP contribution in [-0.4, -0.2) is 16.0 Å². The second-order valence-electron chi connectivity index (χ2n) is 6.73. The Hall–Kier alpha value is -2.42. The largest absolute Gasteiger partial charge is 0.367 e. The molecule has 3 atom stereocenters. The van der Waals surface area contributed by atoms with Crippen LogP contribution in [0.2, 0.25) is 0 Å². The van der Waals surface area contributed by atoms with Crippen molar-refractivity contribution in [3.63, 3.8) is 0 Å². The molecule has 0 radical (unpaired) electrons. The molecule has 114 valence electrons. The summed E-state index contributed by atoms with van der Waals surface area (Å²) in [4.78, 5) is 9.04. The van der Waals surface area contributed by atoms with Gasteiger partial charge in [0.25, 0.3) is 0 Å². The molecular weight excluding hydrogens is 282 g/mol. The van der Waals surface area contributed by atoms with Gasteiger partial charge in [-0.2, -0.15) is 0 Å². The molecule has 2 aliphatic carbocycles. The van der Waals surface area contributed by atoms with Crippen molar-refractivity contribution in [2.24, 2.45) is 5.92 Å². The van der Waals surface area contributed by atoms with E-state index in [1.54, 1.807) is 11.1 Å². The fourth-order valence-corrected chi connectivity index (χ4v) is 4.31. The monoisotopic (exact) mass is 301 g/mol. The summed E-state index contributed by atoms with van der Waals surface area (Å²) in [5.74, 6) is 2.46. The molecule has 5 rings (SSSR count). The van der Waals surface area contributed by atoms with Crippen molar-refractivity contribution < 1.29 is 0 Å². The maximum absolute atomic E-state index is 4.71. The van der Waals surface area contributed by atoms with Gasteiger partial charge in [0, 0.05) is 12.2 Å². The van der Waals surface area contributed by atoms with Gasteiger partial charge in [-0.3, -0.25) is 4.98 Å². The van der Waals surface area contributed by atoms with Crippen molar-refractivity contribution in [3.8, 4) is 0 Å². The molecule has 0 saturated heterocycles. The Bertz CT molecular complexity index is 873. The first-order chi connectivity index (χ1) is 11.4. The number of pyridine rings is 2. The van der Waals surface area contributed by atoms with E-state index >= 15 is 0 Å². The highest BCUT2D eigenvalue weighted by atomic mass is 15.0. The Morgan fingerprint density at radius 1 is 0.957 bits per heavy atom. The zero-order chi connectivity index (χ0) is 15.2. The van der Waals surface area contributed by atoms with Crippen molar-refractivity contribution in [1.82, 2.24) is 9.97 Å². The van der Waals surface area contributed by atoms with Gasteiger partial charge in [0.2, 0.25) is 0 Å². The van der Waals surface area contributed by atoms with Gasteiger partial charge in [0.15, 0.2) is 0 Å². The van der Waals surface area contributed by atoms with Crippen LogP contribution in [0.4, 0.5) is 5.82 Å². The zero-order valence-corrected chi connectivity index (χ0v) is 12.9. The quantitative estimate of drug-likeness (QED) is 0.772. The van der Waals surface area contributed by atoms with E-state index in [0.717, 1.165) is 28.7 Å². The molecule has 1 aromatic carbocycles. The van der Waals surface area contributed by atoms with Gasteiger partial charge in [0.1, 0.15) is 5.82 Å². The minimum atomic E-state index is 0.551. The van der Waals surface area contributed by atoms with Crippen molar-refractivity contribution in [3.05, 3.63) is 65.9 Å². The lowest BCUT2D eigenvalue weighted by Crippen LogP contribution is -2.47. The third-order valence-electron chi connectivity index (χ3n) is 5.53. The summed E-state index contributed by atoms with van der Waals surface area (Å²) in [7, 11) is 0. The number of fused-ring (bicyclic) bond motifs is 4. The number of nitrogens with zero attached hydrogens (tertiary/aromatic N) is 2.